The van der Waals surface area contributed by atoms with Gasteiger partial charge in [0.15, 0.2) is 0 Å². The van der Waals surface area contributed by atoms with Crippen molar-refractivity contribution in [3.8, 4) is 0 Å². The van der Waals surface area contributed by atoms with Crippen LogP contribution >= 0.6 is 0 Å². The van der Waals surface area contributed by atoms with E-state index in [0.29, 0.717) is 12.7 Å². The van der Waals surface area contributed by atoms with Crippen LogP contribution in [0.1, 0.15) is 6.42 Å². The predicted octanol–water partition coefficient (Wildman–Crippen LogP) is 0.330. The first-order valence-electron chi connectivity index (χ1n) is 1.95. The summed E-state index contributed by atoms with van der Waals surface area (Å²) in [5.41, 5.74) is 0. The largest absolute Gasteiger partial charge is 0.303 e. The van der Waals surface area contributed by atoms with Crippen molar-refractivity contribution in [3.63, 3.8) is 0 Å². The first kappa shape index (κ1) is 6.08. The third kappa shape index (κ3) is 5.08. The number of hydrogen-bond donors (Lipinski definition) is 0. The minimum atomic E-state index is 0.332. The third-order valence-electron chi connectivity index (χ3n) is 0.447. The second-order valence-corrected chi connectivity index (χ2v) is 0.967. The highest BCUT2D eigenvalue weighted by Gasteiger charge is 1.66. The van der Waals surface area contributed by atoms with E-state index < -0.39 is 0 Å². The molecule has 0 saturated carbocycles. The summed E-state index contributed by atoms with van der Waals surface area (Å²) in [6.07, 6.45) is 4.51. The van der Waals surface area contributed by atoms with E-state index in [4.69, 9.17) is 0 Å². The van der Waals surface area contributed by atoms with Crippen LogP contribution in [0.5, 0.6) is 0 Å². The number of carbonyl (C=O) groups is 2. The fraction of sp³-hybridized carbons (Fsp3) is 0.200. The van der Waals surface area contributed by atoms with Crippen LogP contribution in [0.3, 0.4) is 0 Å². The Morgan fingerprint density at radius 1 is 1.29 bits per heavy atom. The Balaban J connectivity index is 3.08. The minimum absolute atomic E-state index is 0.332. The average molecular weight is 98.1 g/mol. The van der Waals surface area contributed by atoms with Crippen molar-refractivity contribution in [2.45, 2.75) is 6.42 Å². The van der Waals surface area contributed by atoms with Gasteiger partial charge in [-0.3, -0.25) is 4.79 Å². The molecule has 0 rings (SSSR count). The van der Waals surface area contributed by atoms with Gasteiger partial charge in [0.1, 0.15) is 12.6 Å². The molecule has 7 heavy (non-hydrogen) atoms. The van der Waals surface area contributed by atoms with Crippen molar-refractivity contribution >= 4 is 12.6 Å². The van der Waals surface area contributed by atoms with Gasteiger partial charge in [0.05, 0.1) is 0 Å². The maximum Gasteiger partial charge on any atom is 0.142 e. The Morgan fingerprint density at radius 2 is 2.00 bits per heavy atom. The zero-order valence-corrected chi connectivity index (χ0v) is 3.83. The van der Waals surface area contributed by atoms with E-state index in [0.717, 1.165) is 6.29 Å². The van der Waals surface area contributed by atoms with E-state index in [1.807, 2.05) is 0 Å². The molecule has 0 aliphatic carbocycles. The van der Waals surface area contributed by atoms with E-state index in [-0.39, 0.29) is 0 Å². The lowest BCUT2D eigenvalue weighted by Crippen LogP contribution is -1.65. The highest BCUT2D eigenvalue weighted by molar-refractivity contribution is 5.66. The lowest BCUT2D eigenvalue weighted by Gasteiger charge is -1.65. The van der Waals surface area contributed by atoms with Crippen LogP contribution in [0.4, 0.5) is 0 Å². The molecule has 0 amide bonds. The maximum atomic E-state index is 9.51. The summed E-state index contributed by atoms with van der Waals surface area (Å²) in [6, 6.07) is 0. The Morgan fingerprint density at radius 3 is 2.43 bits per heavy atom. The Hall–Kier alpha value is -0.920. The van der Waals surface area contributed by atoms with Crippen LogP contribution < -0.4 is 0 Å². The summed E-state index contributed by atoms with van der Waals surface area (Å²) in [6.45, 7) is 0. The maximum absolute atomic E-state index is 9.51. The van der Waals surface area contributed by atoms with Crippen molar-refractivity contribution in [2.75, 3.05) is 0 Å². The molecule has 0 aromatic heterocycles. The van der Waals surface area contributed by atoms with Crippen LogP contribution in [0.15, 0.2) is 12.2 Å². The Labute approximate surface area is 41.8 Å². The zero-order chi connectivity index (χ0) is 5.54. The summed E-state index contributed by atoms with van der Waals surface area (Å²) in [7, 11) is 0. The van der Waals surface area contributed by atoms with Crippen LogP contribution in [0.2, 0.25) is 0 Å². The van der Waals surface area contributed by atoms with Gasteiger partial charge in [-0.2, -0.15) is 0 Å². The lowest BCUT2D eigenvalue weighted by molar-refractivity contribution is -0.107. The molecule has 0 aromatic rings. The monoisotopic (exact) mass is 98.0 g/mol. The zero-order valence-electron chi connectivity index (χ0n) is 3.83. The van der Waals surface area contributed by atoms with E-state index in [1.165, 1.54) is 12.2 Å². The number of allylic oxidation sites excluding steroid dienone is 2. The van der Waals surface area contributed by atoms with Crippen molar-refractivity contribution in [2.24, 2.45) is 0 Å². The summed E-state index contributed by atoms with van der Waals surface area (Å²) >= 11 is 0. The summed E-state index contributed by atoms with van der Waals surface area (Å²) in [5.74, 6) is 0. The van der Waals surface area contributed by atoms with Gasteiger partial charge in [0.25, 0.3) is 0 Å². The van der Waals surface area contributed by atoms with Crippen LogP contribution in [0, 0.1) is 0 Å². The molecule has 0 atom stereocenters. The molecule has 0 fully saturated rings. The van der Waals surface area contributed by atoms with Gasteiger partial charge in [-0.15, -0.1) is 0 Å². The summed E-state index contributed by atoms with van der Waals surface area (Å²) < 4.78 is 0. The van der Waals surface area contributed by atoms with Crippen molar-refractivity contribution in [3.05, 3.63) is 12.2 Å². The standard InChI is InChI=1S/C5H6O2/c6-4-2-1-3-5-7/h1-2,4-5H,3H2/b2-1+. The number of hydrogen-bond acceptors (Lipinski definition) is 2. The lowest BCUT2D eigenvalue weighted by atomic mass is 10.4. The van der Waals surface area contributed by atoms with Gasteiger partial charge in [-0.05, 0) is 6.08 Å². The van der Waals surface area contributed by atoms with E-state index in [2.05, 4.69) is 0 Å². The Bertz CT molecular complexity index is 84.1. The van der Waals surface area contributed by atoms with Gasteiger partial charge in [0.2, 0.25) is 0 Å². The molecule has 2 nitrogen and oxygen atoms in total. The van der Waals surface area contributed by atoms with Gasteiger partial charge in [0, 0.05) is 6.42 Å². The number of rotatable bonds is 3. The number of carbonyl (C=O) groups excluding carboxylic acids is 2. The smallest absolute Gasteiger partial charge is 0.142 e. The topological polar surface area (TPSA) is 34.1 Å². The fourth-order valence-corrected chi connectivity index (χ4v) is 0.190. The molecule has 0 heterocycles. The predicted molar refractivity (Wildman–Crippen MR) is 25.9 cm³/mol. The van der Waals surface area contributed by atoms with Crippen LogP contribution in [-0.4, -0.2) is 12.6 Å². The fourth-order valence-electron chi connectivity index (χ4n) is 0.190. The van der Waals surface area contributed by atoms with Gasteiger partial charge >= 0.3 is 0 Å². The molecule has 0 aromatic carbocycles. The molecule has 0 aliphatic rings. The molecule has 0 N–H and O–H groups in total. The van der Waals surface area contributed by atoms with Gasteiger partial charge < -0.3 is 4.79 Å². The molecule has 0 saturated heterocycles. The molecule has 0 bridgehead atoms. The van der Waals surface area contributed by atoms with E-state index in [9.17, 15) is 9.59 Å². The van der Waals surface area contributed by atoms with Crippen LogP contribution in [-0.2, 0) is 9.59 Å². The van der Waals surface area contributed by atoms with E-state index >= 15 is 0 Å². The minimum Gasteiger partial charge on any atom is -0.303 e. The van der Waals surface area contributed by atoms with Crippen molar-refractivity contribution in [1.82, 2.24) is 0 Å². The highest BCUT2D eigenvalue weighted by Crippen LogP contribution is 1.70. The summed E-state index contributed by atoms with van der Waals surface area (Å²) in [4.78, 5) is 19.0. The van der Waals surface area contributed by atoms with Crippen molar-refractivity contribution < 1.29 is 9.59 Å². The molecule has 38 valence electrons. The van der Waals surface area contributed by atoms with Crippen LogP contribution in [0.25, 0.3) is 0 Å². The molecule has 0 radical (unpaired) electrons. The molecule has 0 spiro atoms. The molecule has 2 heteroatoms. The molecular weight excluding hydrogens is 92.1 g/mol. The molecule has 0 aliphatic heterocycles. The van der Waals surface area contributed by atoms with Crippen molar-refractivity contribution in [1.29, 1.82) is 0 Å². The average Bonchev–Trinajstić information content (AvgIpc) is 1.69. The summed E-state index contributed by atoms with van der Waals surface area (Å²) in [5, 5.41) is 0. The second kappa shape index (κ2) is 5.08. The van der Waals surface area contributed by atoms with Gasteiger partial charge in [-0.1, -0.05) is 6.08 Å². The molecule has 0 unspecified atom stereocenters. The van der Waals surface area contributed by atoms with E-state index in [1.54, 1.807) is 0 Å². The number of aldehydes is 2. The quantitative estimate of drug-likeness (QED) is 0.376. The first-order valence-corrected chi connectivity index (χ1v) is 1.95. The SMILES string of the molecule is O=C/C=C/CC=O. The highest BCUT2D eigenvalue weighted by atomic mass is 16.1. The normalized spacial score (nSPS) is 9.14. The third-order valence-corrected chi connectivity index (χ3v) is 0.447. The van der Waals surface area contributed by atoms with Gasteiger partial charge in [-0.25, -0.2) is 0 Å². The second-order valence-electron chi connectivity index (χ2n) is 0.967. The Kier molecular flexibility index (Phi) is 4.41. The first-order chi connectivity index (χ1) is 3.41. The molecular formula is C5H6O2.